The number of hydrogen-bond donors (Lipinski definition) is 4. The van der Waals surface area contributed by atoms with Crippen LogP contribution in [0.1, 0.15) is 39.6 Å². The van der Waals surface area contributed by atoms with Crippen LogP contribution in [0.25, 0.3) is 0 Å². The van der Waals surface area contributed by atoms with Gasteiger partial charge in [0.2, 0.25) is 0 Å². The summed E-state index contributed by atoms with van der Waals surface area (Å²) >= 11 is 12.7. The van der Waals surface area contributed by atoms with Crippen LogP contribution in [0.4, 0.5) is 0 Å². The Morgan fingerprint density at radius 1 is 1.23 bits per heavy atom. The number of aromatic hydroxyl groups is 1. The summed E-state index contributed by atoms with van der Waals surface area (Å²) in [6, 6.07) is 8.26. The number of carbonyl (C=O) groups excluding carboxylic acids is 1. The lowest BCUT2D eigenvalue weighted by molar-refractivity contribution is -0.135. The van der Waals surface area contributed by atoms with Crippen LogP contribution in [-0.2, 0) is 17.8 Å². The van der Waals surface area contributed by atoms with E-state index in [0.29, 0.717) is 38.0 Å². The van der Waals surface area contributed by atoms with E-state index in [1.807, 2.05) is 0 Å². The number of carboxylic acids is 1. The maximum absolute atomic E-state index is 12.3. The zero-order chi connectivity index (χ0) is 21.8. The number of phenols is 1. The van der Waals surface area contributed by atoms with E-state index in [0.717, 1.165) is 11.1 Å². The SMILES string of the molecule is O=C(O)CNC(=O)c1c(Cl)cc2c(c1Cl)CCN(CCC(O)c1cccc(O)c1)C2. The van der Waals surface area contributed by atoms with Gasteiger partial charge in [0.05, 0.1) is 21.7 Å². The molecule has 0 saturated heterocycles. The van der Waals surface area contributed by atoms with Gasteiger partial charge in [0.25, 0.3) is 5.91 Å². The Morgan fingerprint density at radius 2 is 2.00 bits per heavy atom. The number of halogens is 2. The summed E-state index contributed by atoms with van der Waals surface area (Å²) < 4.78 is 0. The highest BCUT2D eigenvalue weighted by molar-refractivity contribution is 6.40. The van der Waals surface area contributed by atoms with Crippen molar-refractivity contribution in [1.82, 2.24) is 10.2 Å². The van der Waals surface area contributed by atoms with Gasteiger partial charge in [0.1, 0.15) is 12.3 Å². The Bertz CT molecular complexity index is 967. The monoisotopic (exact) mass is 452 g/mol. The van der Waals surface area contributed by atoms with Crippen LogP contribution >= 0.6 is 23.2 Å². The Kier molecular flexibility index (Phi) is 7.20. The molecule has 1 amide bonds. The highest BCUT2D eigenvalue weighted by Crippen LogP contribution is 2.35. The predicted molar refractivity (Wildman–Crippen MR) is 113 cm³/mol. The molecule has 3 rings (SSSR count). The van der Waals surface area contributed by atoms with Gasteiger partial charge in [0.15, 0.2) is 0 Å². The van der Waals surface area contributed by atoms with Crippen LogP contribution in [0.5, 0.6) is 5.75 Å². The molecule has 1 aliphatic rings. The molecule has 1 aliphatic heterocycles. The van der Waals surface area contributed by atoms with Crippen molar-refractivity contribution in [3.63, 3.8) is 0 Å². The minimum atomic E-state index is -1.16. The molecule has 9 heteroatoms. The summed E-state index contributed by atoms with van der Waals surface area (Å²) in [4.78, 5) is 25.1. The van der Waals surface area contributed by atoms with E-state index < -0.39 is 24.5 Å². The van der Waals surface area contributed by atoms with Crippen molar-refractivity contribution in [3.8, 4) is 5.75 Å². The number of phenolic OH excluding ortho intramolecular Hbond substituents is 1. The van der Waals surface area contributed by atoms with Crippen LogP contribution in [0.15, 0.2) is 30.3 Å². The first-order valence-corrected chi connectivity index (χ1v) is 10.2. The molecule has 1 atom stereocenters. The zero-order valence-electron chi connectivity index (χ0n) is 16.1. The van der Waals surface area contributed by atoms with Crippen molar-refractivity contribution in [2.45, 2.75) is 25.5 Å². The second-order valence-electron chi connectivity index (χ2n) is 7.19. The number of fused-ring (bicyclic) bond motifs is 1. The average molecular weight is 453 g/mol. The van der Waals surface area contributed by atoms with E-state index in [-0.39, 0.29) is 21.4 Å². The summed E-state index contributed by atoms with van der Waals surface area (Å²) in [5.74, 6) is -1.66. The van der Waals surface area contributed by atoms with Gasteiger partial charge >= 0.3 is 5.97 Å². The van der Waals surface area contributed by atoms with Crippen LogP contribution in [-0.4, -0.2) is 51.7 Å². The van der Waals surface area contributed by atoms with Gasteiger partial charge in [-0.25, -0.2) is 0 Å². The highest BCUT2D eigenvalue weighted by Gasteiger charge is 2.25. The molecule has 0 aliphatic carbocycles. The van der Waals surface area contributed by atoms with E-state index in [4.69, 9.17) is 28.3 Å². The number of amides is 1. The number of rotatable bonds is 7. The summed E-state index contributed by atoms with van der Waals surface area (Å²) in [6.07, 6.45) is 0.411. The maximum atomic E-state index is 12.3. The number of nitrogens with zero attached hydrogens (tertiary/aromatic N) is 1. The van der Waals surface area contributed by atoms with Gasteiger partial charge in [-0.2, -0.15) is 0 Å². The first-order chi connectivity index (χ1) is 14.3. The first kappa shape index (κ1) is 22.4. The predicted octanol–water partition coefficient (Wildman–Crippen LogP) is 3.00. The minimum absolute atomic E-state index is 0.0890. The Labute approximate surface area is 183 Å². The largest absolute Gasteiger partial charge is 0.508 e. The average Bonchev–Trinajstić information content (AvgIpc) is 2.70. The third-order valence-electron chi connectivity index (χ3n) is 5.08. The molecule has 2 aromatic carbocycles. The van der Waals surface area contributed by atoms with Crippen molar-refractivity contribution in [1.29, 1.82) is 0 Å². The fourth-order valence-electron chi connectivity index (χ4n) is 3.56. The minimum Gasteiger partial charge on any atom is -0.508 e. The van der Waals surface area contributed by atoms with Crippen molar-refractivity contribution in [2.24, 2.45) is 0 Å². The summed E-state index contributed by atoms with van der Waals surface area (Å²) in [7, 11) is 0. The van der Waals surface area contributed by atoms with E-state index in [9.17, 15) is 19.8 Å². The fraction of sp³-hybridized carbons (Fsp3) is 0.333. The summed E-state index contributed by atoms with van der Waals surface area (Å²) in [5.41, 5.74) is 2.48. The third-order valence-corrected chi connectivity index (χ3v) is 5.80. The lowest BCUT2D eigenvalue weighted by Crippen LogP contribution is -2.33. The van der Waals surface area contributed by atoms with Crippen molar-refractivity contribution < 1.29 is 24.9 Å². The third kappa shape index (κ3) is 5.23. The smallest absolute Gasteiger partial charge is 0.322 e. The number of carboxylic acid groups (broad SMARTS) is 1. The molecule has 7 nitrogen and oxygen atoms in total. The van der Waals surface area contributed by atoms with Crippen molar-refractivity contribution >= 4 is 35.1 Å². The number of carbonyl (C=O) groups is 2. The van der Waals surface area contributed by atoms with E-state index in [2.05, 4.69) is 10.2 Å². The Morgan fingerprint density at radius 3 is 2.70 bits per heavy atom. The Hall–Kier alpha value is -2.32. The number of hydrogen-bond acceptors (Lipinski definition) is 5. The zero-order valence-corrected chi connectivity index (χ0v) is 17.6. The lowest BCUT2D eigenvalue weighted by atomic mass is 9.96. The van der Waals surface area contributed by atoms with Crippen molar-refractivity contribution in [2.75, 3.05) is 19.6 Å². The molecular weight excluding hydrogens is 431 g/mol. The highest BCUT2D eigenvalue weighted by atomic mass is 35.5. The normalized spacial score (nSPS) is 14.8. The number of aliphatic hydroxyl groups is 1. The molecular formula is C21H22Cl2N2O5. The molecule has 2 aromatic rings. The molecule has 0 radical (unpaired) electrons. The van der Waals surface area contributed by atoms with Crippen molar-refractivity contribution in [3.05, 3.63) is 62.6 Å². The maximum Gasteiger partial charge on any atom is 0.322 e. The van der Waals surface area contributed by atoms with Crippen LogP contribution in [0, 0.1) is 0 Å². The van der Waals surface area contributed by atoms with Crippen LogP contribution in [0.3, 0.4) is 0 Å². The quantitative estimate of drug-likeness (QED) is 0.513. The van der Waals surface area contributed by atoms with Gasteiger partial charge in [-0.15, -0.1) is 0 Å². The van der Waals surface area contributed by atoms with E-state index in [1.54, 1.807) is 30.3 Å². The van der Waals surface area contributed by atoms with Gasteiger partial charge in [-0.1, -0.05) is 35.3 Å². The molecule has 0 aromatic heterocycles. The number of aliphatic carboxylic acids is 1. The molecule has 0 saturated carbocycles. The van der Waals surface area contributed by atoms with E-state index in [1.165, 1.54) is 0 Å². The summed E-state index contributed by atoms with van der Waals surface area (Å²) in [6.45, 7) is 1.38. The van der Waals surface area contributed by atoms with Gasteiger partial charge in [-0.05, 0) is 47.7 Å². The lowest BCUT2D eigenvalue weighted by Gasteiger charge is -2.30. The van der Waals surface area contributed by atoms with Gasteiger partial charge in [-0.3, -0.25) is 14.5 Å². The topological polar surface area (TPSA) is 110 Å². The van der Waals surface area contributed by atoms with E-state index >= 15 is 0 Å². The Balaban J connectivity index is 1.67. The number of aliphatic hydroxyl groups excluding tert-OH is 1. The second kappa shape index (κ2) is 9.66. The molecule has 1 heterocycles. The first-order valence-electron chi connectivity index (χ1n) is 9.45. The summed E-state index contributed by atoms with van der Waals surface area (Å²) in [5, 5.41) is 31.4. The van der Waals surface area contributed by atoms with Gasteiger partial charge < -0.3 is 20.6 Å². The molecule has 4 N–H and O–H groups in total. The molecule has 30 heavy (non-hydrogen) atoms. The van der Waals surface area contributed by atoms with Crippen LogP contribution in [0.2, 0.25) is 10.0 Å². The number of nitrogens with one attached hydrogen (secondary N) is 1. The molecule has 0 spiro atoms. The second-order valence-corrected chi connectivity index (χ2v) is 7.97. The standard InChI is InChI=1S/C21H22Cl2N2O5/c22-16-9-13-11-25(7-5-17(27)12-2-1-3-14(26)8-12)6-4-15(13)20(23)19(16)21(30)24-10-18(28)29/h1-3,8-9,17,26-27H,4-7,10-11H2,(H,24,30)(H,28,29). The molecule has 160 valence electrons. The van der Waals surface area contributed by atoms with Gasteiger partial charge in [0, 0.05) is 19.6 Å². The molecule has 1 unspecified atom stereocenters. The number of benzene rings is 2. The van der Waals surface area contributed by atoms with Crippen LogP contribution < -0.4 is 5.32 Å². The molecule has 0 fully saturated rings. The fourth-order valence-corrected chi connectivity index (χ4v) is 4.32. The molecule has 0 bridgehead atoms.